The van der Waals surface area contributed by atoms with Crippen molar-refractivity contribution in [2.75, 3.05) is 0 Å². The van der Waals surface area contributed by atoms with Crippen LogP contribution in [0.25, 0.3) is 9.88 Å². The summed E-state index contributed by atoms with van der Waals surface area (Å²) in [7, 11) is 0. The molecule has 0 aromatic carbocycles. The van der Waals surface area contributed by atoms with E-state index in [1.165, 1.54) is 22.9 Å². The maximum atomic E-state index is 3.86. The first kappa shape index (κ1) is 5.87. The molecule has 0 radical (unpaired) electrons. The maximum absolute atomic E-state index is 3.86. The second kappa shape index (κ2) is 2.39. The second-order valence-corrected chi connectivity index (χ2v) is 3.14. The molecule has 0 fully saturated rings. The van der Waals surface area contributed by atoms with Crippen molar-refractivity contribution in [2.24, 2.45) is 0 Å². The lowest BCUT2D eigenvalue weighted by Crippen LogP contribution is -1.68. The zero-order chi connectivity index (χ0) is 6.81. The molecule has 0 amide bonds. The van der Waals surface area contributed by atoms with Crippen LogP contribution in [0.15, 0.2) is 11.7 Å². The van der Waals surface area contributed by atoms with Crippen LogP contribution in [-0.2, 0) is 0 Å². The van der Waals surface area contributed by atoms with Crippen molar-refractivity contribution < 1.29 is 0 Å². The lowest BCUT2D eigenvalue weighted by Gasteiger charge is -1.78. The summed E-state index contributed by atoms with van der Waals surface area (Å²) in [6.45, 7) is 0. The molecule has 0 N–H and O–H groups in total. The molecule has 2 rings (SSSR count). The number of hydrogen-bond acceptors (Lipinski definition) is 6. The molecular weight excluding hydrogens is 168 g/mol. The minimum absolute atomic E-state index is 0.884. The van der Waals surface area contributed by atoms with E-state index < -0.39 is 0 Å². The Morgan fingerprint density at radius 3 is 2.90 bits per heavy atom. The molecule has 0 saturated heterocycles. The second-order valence-electron chi connectivity index (χ2n) is 1.53. The van der Waals surface area contributed by atoms with Crippen molar-refractivity contribution in [1.82, 2.24) is 19.8 Å². The van der Waals surface area contributed by atoms with Crippen molar-refractivity contribution >= 4 is 22.9 Å². The minimum atomic E-state index is 0.884. The first-order valence-corrected chi connectivity index (χ1v) is 4.16. The van der Waals surface area contributed by atoms with E-state index in [1.807, 2.05) is 0 Å². The van der Waals surface area contributed by atoms with Gasteiger partial charge in [0.2, 0.25) is 0 Å². The highest BCUT2D eigenvalue weighted by atomic mass is 32.1. The summed E-state index contributed by atoms with van der Waals surface area (Å²) in [5.41, 5.74) is 1.69. The van der Waals surface area contributed by atoms with Gasteiger partial charge in [0.1, 0.15) is 10.4 Å². The van der Waals surface area contributed by atoms with Gasteiger partial charge in [-0.2, -0.15) is 0 Å². The van der Waals surface area contributed by atoms with Gasteiger partial charge in [-0.15, -0.1) is 15.3 Å². The molecule has 0 atom stereocenters. The van der Waals surface area contributed by atoms with Crippen LogP contribution in [0.5, 0.6) is 0 Å². The lowest BCUT2D eigenvalue weighted by atomic mass is 10.6. The Morgan fingerprint density at radius 2 is 2.30 bits per heavy atom. The van der Waals surface area contributed by atoms with E-state index in [2.05, 4.69) is 19.8 Å². The molecule has 0 spiro atoms. The molecule has 0 aliphatic carbocycles. The normalized spacial score (nSPS) is 10.0. The summed E-state index contributed by atoms with van der Waals surface area (Å²) in [5, 5.41) is 12.1. The highest BCUT2D eigenvalue weighted by Crippen LogP contribution is 2.21. The lowest BCUT2D eigenvalue weighted by molar-refractivity contribution is 1.10. The van der Waals surface area contributed by atoms with Gasteiger partial charge >= 0.3 is 0 Å². The van der Waals surface area contributed by atoms with E-state index in [0.717, 1.165) is 9.88 Å². The number of rotatable bonds is 1. The first-order valence-electron chi connectivity index (χ1n) is 2.51. The summed E-state index contributed by atoms with van der Waals surface area (Å²) >= 11 is 2.82. The summed E-state index contributed by atoms with van der Waals surface area (Å²) in [4.78, 5) is 0.975. The van der Waals surface area contributed by atoms with E-state index in [-0.39, 0.29) is 0 Å². The SMILES string of the molecule is c1nnc(-c2cnns2)s1. The highest BCUT2D eigenvalue weighted by molar-refractivity contribution is 7.18. The third-order valence-corrected chi connectivity index (χ3v) is 2.46. The standard InChI is InChI=1S/C4H2N4S2/c1-3(10-8-5-1)4-7-6-2-9-4/h1-2H. The van der Waals surface area contributed by atoms with Crippen LogP contribution in [0, 0.1) is 0 Å². The predicted molar refractivity (Wildman–Crippen MR) is 38.8 cm³/mol. The maximum Gasteiger partial charge on any atom is 0.160 e. The van der Waals surface area contributed by atoms with Gasteiger partial charge < -0.3 is 0 Å². The van der Waals surface area contributed by atoms with Crippen molar-refractivity contribution in [3.8, 4) is 9.88 Å². The third kappa shape index (κ3) is 0.910. The molecule has 2 aromatic rings. The Hall–Kier alpha value is -0.880. The van der Waals surface area contributed by atoms with E-state index in [0.29, 0.717) is 0 Å². The van der Waals surface area contributed by atoms with Crippen LogP contribution in [0.3, 0.4) is 0 Å². The van der Waals surface area contributed by atoms with E-state index >= 15 is 0 Å². The molecule has 0 aliphatic heterocycles. The molecule has 6 heteroatoms. The van der Waals surface area contributed by atoms with Crippen LogP contribution in [0.1, 0.15) is 0 Å². The Morgan fingerprint density at radius 1 is 1.30 bits per heavy atom. The molecule has 2 aromatic heterocycles. The topological polar surface area (TPSA) is 51.6 Å². The van der Waals surface area contributed by atoms with Gasteiger partial charge in [-0.25, -0.2) is 0 Å². The largest absolute Gasteiger partial charge is 0.160 e. The molecule has 4 nitrogen and oxygen atoms in total. The monoisotopic (exact) mass is 170 g/mol. The van der Waals surface area contributed by atoms with Crippen LogP contribution in [0.2, 0.25) is 0 Å². The number of aromatic nitrogens is 4. The Bertz CT molecular complexity index is 255. The zero-order valence-corrected chi connectivity index (χ0v) is 6.39. The minimum Gasteiger partial charge on any atom is -0.147 e. The number of hydrogen-bond donors (Lipinski definition) is 0. The quantitative estimate of drug-likeness (QED) is 0.642. The van der Waals surface area contributed by atoms with Crippen molar-refractivity contribution in [2.45, 2.75) is 0 Å². The van der Waals surface area contributed by atoms with E-state index in [4.69, 9.17) is 0 Å². The van der Waals surface area contributed by atoms with Gasteiger partial charge in [0.05, 0.1) is 6.20 Å². The first-order chi connectivity index (χ1) is 4.97. The molecular formula is C4H2N4S2. The van der Waals surface area contributed by atoms with Crippen molar-refractivity contribution in [3.05, 3.63) is 11.7 Å². The smallest absolute Gasteiger partial charge is 0.147 e. The average Bonchev–Trinajstić information content (AvgIpc) is 2.59. The molecule has 0 aliphatic rings. The van der Waals surface area contributed by atoms with Crippen LogP contribution >= 0.6 is 22.9 Å². The predicted octanol–water partition coefficient (Wildman–Crippen LogP) is 1.06. The van der Waals surface area contributed by atoms with E-state index in [9.17, 15) is 0 Å². The van der Waals surface area contributed by atoms with Crippen LogP contribution in [0.4, 0.5) is 0 Å². The van der Waals surface area contributed by atoms with Gasteiger partial charge in [0.25, 0.3) is 0 Å². The van der Waals surface area contributed by atoms with Crippen LogP contribution < -0.4 is 0 Å². The highest BCUT2D eigenvalue weighted by Gasteiger charge is 2.02. The molecule has 2 heterocycles. The Labute approximate surface area is 64.7 Å². The molecule has 0 saturated carbocycles. The molecule has 50 valence electrons. The Balaban J connectivity index is 2.48. The zero-order valence-electron chi connectivity index (χ0n) is 4.76. The fourth-order valence-corrected chi connectivity index (χ4v) is 1.65. The number of nitrogens with zero attached hydrogens (tertiary/aromatic N) is 4. The van der Waals surface area contributed by atoms with Gasteiger partial charge in [-0.1, -0.05) is 15.8 Å². The van der Waals surface area contributed by atoms with Gasteiger partial charge in [0, 0.05) is 0 Å². The molecule has 0 unspecified atom stereocenters. The molecule has 0 bridgehead atoms. The molecule has 10 heavy (non-hydrogen) atoms. The van der Waals surface area contributed by atoms with Gasteiger partial charge in [-0.05, 0) is 11.5 Å². The van der Waals surface area contributed by atoms with Crippen molar-refractivity contribution in [3.63, 3.8) is 0 Å². The summed E-state index contributed by atoms with van der Waals surface area (Å²) in [5.74, 6) is 0. The Kier molecular flexibility index (Phi) is 1.40. The average molecular weight is 170 g/mol. The van der Waals surface area contributed by atoms with Crippen LogP contribution in [-0.4, -0.2) is 19.8 Å². The summed E-state index contributed by atoms with van der Waals surface area (Å²) in [6.07, 6.45) is 1.69. The fourth-order valence-electron chi connectivity index (χ4n) is 0.542. The van der Waals surface area contributed by atoms with Gasteiger partial charge in [-0.3, -0.25) is 0 Å². The fraction of sp³-hybridized carbons (Fsp3) is 0. The summed E-state index contributed by atoms with van der Waals surface area (Å²) in [6, 6.07) is 0. The third-order valence-electron chi connectivity index (χ3n) is 0.932. The van der Waals surface area contributed by atoms with Crippen molar-refractivity contribution in [1.29, 1.82) is 0 Å². The summed E-state index contributed by atoms with van der Waals surface area (Å²) < 4.78 is 3.71. The van der Waals surface area contributed by atoms with Gasteiger partial charge in [0.15, 0.2) is 5.01 Å². The van der Waals surface area contributed by atoms with E-state index in [1.54, 1.807) is 11.7 Å².